The summed E-state index contributed by atoms with van der Waals surface area (Å²) in [7, 11) is 0. The third-order valence-electron chi connectivity index (χ3n) is 3.43. The minimum absolute atomic E-state index is 0.525. The first kappa shape index (κ1) is 13.8. The second-order valence-corrected chi connectivity index (χ2v) is 5.71. The number of nitrogens with one attached hydrogen (secondary N) is 1. The van der Waals surface area contributed by atoms with Crippen LogP contribution in [0, 0.1) is 0 Å². The van der Waals surface area contributed by atoms with Gasteiger partial charge in [-0.1, -0.05) is 34.1 Å². The average molecular weight is 345 g/mol. The summed E-state index contributed by atoms with van der Waals surface area (Å²) in [5.41, 5.74) is 2.53. The Morgan fingerprint density at radius 1 is 1.05 bits per heavy atom. The van der Waals surface area contributed by atoms with Crippen LogP contribution in [0.3, 0.4) is 0 Å². The molecule has 2 aromatic rings. The highest BCUT2D eigenvalue weighted by Crippen LogP contribution is 2.27. The summed E-state index contributed by atoms with van der Waals surface area (Å²) >= 11 is 3.32. The van der Waals surface area contributed by atoms with Gasteiger partial charge in [0.25, 0.3) is 0 Å². The molecule has 106 valence electrons. The molecule has 0 aromatic heterocycles. The van der Waals surface area contributed by atoms with Crippen molar-refractivity contribution in [3.8, 4) is 0 Å². The van der Waals surface area contributed by atoms with Crippen molar-refractivity contribution in [1.82, 2.24) is 0 Å². The van der Waals surface area contributed by atoms with Gasteiger partial charge in [-0.15, -0.1) is 0 Å². The maximum Gasteiger partial charge on any atom is 0.316 e. The predicted octanol–water partition coefficient (Wildman–Crippen LogP) is 2.98. The molecule has 1 aliphatic rings. The molecule has 1 heterocycles. The molecule has 0 aliphatic carbocycles. The van der Waals surface area contributed by atoms with Crippen molar-refractivity contribution in [3.05, 3.63) is 58.6 Å². The van der Waals surface area contributed by atoms with Crippen LogP contribution in [0.1, 0.15) is 5.56 Å². The molecule has 0 radical (unpaired) electrons. The summed E-state index contributed by atoms with van der Waals surface area (Å²) < 4.78 is 0.917. The van der Waals surface area contributed by atoms with Crippen molar-refractivity contribution in [3.63, 3.8) is 0 Å². The second-order valence-electron chi connectivity index (χ2n) is 4.80. The highest BCUT2D eigenvalue weighted by Gasteiger charge is 2.28. The second kappa shape index (κ2) is 5.69. The Morgan fingerprint density at radius 2 is 1.76 bits per heavy atom. The van der Waals surface area contributed by atoms with E-state index in [1.807, 2.05) is 36.4 Å². The predicted molar refractivity (Wildman–Crippen MR) is 85.3 cm³/mol. The van der Waals surface area contributed by atoms with E-state index < -0.39 is 11.8 Å². The van der Waals surface area contributed by atoms with E-state index in [-0.39, 0.29) is 0 Å². The van der Waals surface area contributed by atoms with Crippen LogP contribution in [0.4, 0.5) is 11.4 Å². The Bertz CT molecular complexity index is 698. The molecular weight excluding hydrogens is 332 g/mol. The molecule has 0 bridgehead atoms. The van der Waals surface area contributed by atoms with E-state index in [0.29, 0.717) is 12.2 Å². The van der Waals surface area contributed by atoms with Gasteiger partial charge in [-0.3, -0.25) is 9.59 Å². The number of rotatable bonds is 1. The van der Waals surface area contributed by atoms with Gasteiger partial charge >= 0.3 is 11.8 Å². The quantitative estimate of drug-likeness (QED) is 0.808. The number of amides is 2. The number of hydrogen-bond donors (Lipinski definition) is 1. The largest absolute Gasteiger partial charge is 0.318 e. The van der Waals surface area contributed by atoms with Crippen LogP contribution in [0.2, 0.25) is 0 Å². The Morgan fingerprint density at radius 3 is 2.52 bits per heavy atom. The van der Waals surface area contributed by atoms with Crippen molar-refractivity contribution in [1.29, 1.82) is 0 Å². The minimum atomic E-state index is -0.617. The maximum atomic E-state index is 12.3. The third-order valence-corrected chi connectivity index (χ3v) is 3.96. The Hall–Kier alpha value is -2.14. The van der Waals surface area contributed by atoms with Crippen molar-refractivity contribution in [2.24, 2.45) is 0 Å². The molecule has 0 saturated carbocycles. The molecular formula is C16H13BrN2O2. The van der Waals surface area contributed by atoms with E-state index in [1.165, 1.54) is 4.90 Å². The smallest absolute Gasteiger partial charge is 0.316 e. The fraction of sp³-hybridized carbons (Fsp3) is 0.125. The molecule has 2 amide bonds. The van der Waals surface area contributed by atoms with Crippen LogP contribution in [0.5, 0.6) is 0 Å². The van der Waals surface area contributed by atoms with Gasteiger partial charge in [0.15, 0.2) is 0 Å². The molecule has 1 N–H and O–H groups in total. The van der Waals surface area contributed by atoms with Gasteiger partial charge in [0.05, 0.1) is 0 Å². The molecule has 0 saturated heterocycles. The number of hydrogen-bond acceptors (Lipinski definition) is 2. The maximum absolute atomic E-state index is 12.3. The lowest BCUT2D eigenvalue weighted by Gasteiger charge is -2.16. The number of anilines is 2. The number of benzene rings is 2. The summed E-state index contributed by atoms with van der Waals surface area (Å²) in [6, 6.07) is 14.8. The molecule has 0 unspecified atom stereocenters. The van der Waals surface area contributed by atoms with E-state index in [2.05, 4.69) is 21.2 Å². The fourth-order valence-electron chi connectivity index (χ4n) is 2.39. The van der Waals surface area contributed by atoms with Crippen molar-refractivity contribution in [2.75, 3.05) is 16.8 Å². The molecule has 2 aromatic carbocycles. The minimum Gasteiger partial charge on any atom is -0.318 e. The zero-order valence-electron chi connectivity index (χ0n) is 11.2. The van der Waals surface area contributed by atoms with Crippen LogP contribution in [0.25, 0.3) is 0 Å². The van der Waals surface area contributed by atoms with E-state index in [9.17, 15) is 9.59 Å². The molecule has 1 aliphatic heterocycles. The van der Waals surface area contributed by atoms with Gasteiger partial charge in [0.1, 0.15) is 0 Å². The standard InChI is InChI=1S/C16H13BrN2O2/c17-12-5-7-13(8-6-12)18-15(20)16(21)19-10-9-11-3-1-2-4-14(11)19/h1-8H,9-10H2,(H,18,20). The van der Waals surface area contributed by atoms with Crippen molar-refractivity contribution < 1.29 is 9.59 Å². The SMILES string of the molecule is O=C(Nc1ccc(Br)cc1)C(=O)N1CCc2ccccc21. The molecule has 0 atom stereocenters. The number of para-hydroxylation sites is 1. The molecule has 21 heavy (non-hydrogen) atoms. The fourth-order valence-corrected chi connectivity index (χ4v) is 2.65. The van der Waals surface area contributed by atoms with Gasteiger partial charge in [-0.25, -0.2) is 0 Å². The van der Waals surface area contributed by atoms with Crippen LogP contribution >= 0.6 is 15.9 Å². The molecule has 0 fully saturated rings. The van der Waals surface area contributed by atoms with E-state index in [1.54, 1.807) is 12.1 Å². The lowest BCUT2D eigenvalue weighted by molar-refractivity contribution is -0.134. The summed E-state index contributed by atoms with van der Waals surface area (Å²) in [6.45, 7) is 0.548. The van der Waals surface area contributed by atoms with E-state index in [0.717, 1.165) is 22.1 Å². The number of nitrogens with zero attached hydrogens (tertiary/aromatic N) is 1. The zero-order chi connectivity index (χ0) is 14.8. The summed E-state index contributed by atoms with van der Waals surface area (Å²) in [4.78, 5) is 25.9. The molecule has 3 rings (SSSR count). The van der Waals surface area contributed by atoms with Crippen molar-refractivity contribution in [2.45, 2.75) is 6.42 Å². The first-order chi connectivity index (χ1) is 10.1. The van der Waals surface area contributed by atoms with Gasteiger partial charge in [0.2, 0.25) is 0 Å². The number of halogens is 1. The summed E-state index contributed by atoms with van der Waals surface area (Å²) in [5.74, 6) is -1.14. The molecule has 5 heteroatoms. The number of carbonyl (C=O) groups is 2. The van der Waals surface area contributed by atoms with Crippen LogP contribution in [-0.2, 0) is 16.0 Å². The lowest BCUT2D eigenvalue weighted by Crippen LogP contribution is -2.38. The highest BCUT2D eigenvalue weighted by atomic mass is 79.9. The lowest BCUT2D eigenvalue weighted by atomic mass is 10.2. The van der Waals surface area contributed by atoms with Gasteiger partial charge in [-0.2, -0.15) is 0 Å². The number of fused-ring (bicyclic) bond motifs is 1. The van der Waals surface area contributed by atoms with Gasteiger partial charge < -0.3 is 10.2 Å². The monoisotopic (exact) mass is 344 g/mol. The summed E-state index contributed by atoms with van der Waals surface area (Å²) in [5, 5.41) is 2.63. The topological polar surface area (TPSA) is 49.4 Å². The Labute approximate surface area is 130 Å². The first-order valence-electron chi connectivity index (χ1n) is 6.61. The normalized spacial score (nSPS) is 12.9. The Kier molecular flexibility index (Phi) is 3.75. The molecule has 0 spiro atoms. The Balaban J connectivity index is 1.74. The van der Waals surface area contributed by atoms with Crippen molar-refractivity contribution >= 4 is 39.1 Å². The van der Waals surface area contributed by atoms with E-state index in [4.69, 9.17) is 0 Å². The first-order valence-corrected chi connectivity index (χ1v) is 7.41. The van der Waals surface area contributed by atoms with Gasteiger partial charge in [-0.05, 0) is 42.3 Å². The van der Waals surface area contributed by atoms with Crippen LogP contribution in [0.15, 0.2) is 53.0 Å². The van der Waals surface area contributed by atoms with Crippen LogP contribution < -0.4 is 10.2 Å². The van der Waals surface area contributed by atoms with Crippen LogP contribution in [-0.4, -0.2) is 18.4 Å². The highest BCUT2D eigenvalue weighted by molar-refractivity contribution is 9.10. The summed E-state index contributed by atoms with van der Waals surface area (Å²) in [6.07, 6.45) is 0.785. The average Bonchev–Trinajstić information content (AvgIpc) is 2.92. The van der Waals surface area contributed by atoms with Gasteiger partial charge in [0, 0.05) is 22.4 Å². The third kappa shape index (κ3) is 2.83. The number of carbonyl (C=O) groups excluding carboxylic acids is 2. The van der Waals surface area contributed by atoms with E-state index >= 15 is 0 Å². The zero-order valence-corrected chi connectivity index (χ0v) is 12.8. The molecule has 4 nitrogen and oxygen atoms in total.